The van der Waals surface area contributed by atoms with Gasteiger partial charge < -0.3 is 10.2 Å². The molecule has 2 fully saturated rings. The molecule has 1 N–H and O–H groups in total. The van der Waals surface area contributed by atoms with Gasteiger partial charge in [0.05, 0.1) is 18.4 Å². The minimum absolute atomic E-state index is 0.0468. The Balaban J connectivity index is 1.55. The third-order valence-corrected chi connectivity index (χ3v) is 6.52. The van der Waals surface area contributed by atoms with Gasteiger partial charge in [-0.25, -0.2) is 13.9 Å². The van der Waals surface area contributed by atoms with Gasteiger partial charge in [0, 0.05) is 24.5 Å². The number of nitrogens with zero attached hydrogens (tertiary/aromatic N) is 5. The maximum Gasteiger partial charge on any atom is 0.256 e. The van der Waals surface area contributed by atoms with Gasteiger partial charge in [-0.15, -0.1) is 0 Å². The van der Waals surface area contributed by atoms with E-state index in [1.54, 1.807) is 16.8 Å². The molecule has 7 nitrogen and oxygen atoms in total. The predicted molar refractivity (Wildman–Crippen MR) is 104 cm³/mol. The average Bonchev–Trinajstić information content (AvgIpc) is 3.18. The van der Waals surface area contributed by atoms with Crippen LogP contribution < -0.4 is 10.2 Å². The second-order valence-corrected chi connectivity index (χ2v) is 8.47. The van der Waals surface area contributed by atoms with E-state index in [2.05, 4.69) is 20.3 Å². The van der Waals surface area contributed by atoms with Crippen molar-refractivity contribution in [2.45, 2.75) is 38.3 Å². The van der Waals surface area contributed by atoms with Crippen LogP contribution in [0.3, 0.4) is 0 Å². The molecule has 1 aliphatic carbocycles. The van der Waals surface area contributed by atoms with E-state index in [-0.39, 0.29) is 23.8 Å². The molecule has 5 heterocycles. The van der Waals surface area contributed by atoms with Gasteiger partial charge in [0.25, 0.3) is 5.91 Å². The number of aromatic nitrogens is 4. The molecule has 29 heavy (non-hydrogen) atoms. The van der Waals surface area contributed by atoms with Crippen LogP contribution in [-0.4, -0.2) is 38.1 Å². The molecule has 3 aromatic heterocycles. The standard InChI is InChI=1S/C21H21FN6O/c1-11-2-3-17-15(7-13(22)8-23-17)19-14-6-12(14)10-27(19)18-4-5-28-20(26-18)16(9-24-28)21(29)25-11/h4-5,7-9,11-12,14,19H,2-3,6,10H2,1H3,(H,25,29)/t11-,12+,14+,19+/m1/s1. The van der Waals surface area contributed by atoms with Crippen LogP contribution in [0.4, 0.5) is 10.2 Å². The van der Waals surface area contributed by atoms with Crippen molar-refractivity contribution in [1.29, 1.82) is 0 Å². The zero-order valence-corrected chi connectivity index (χ0v) is 16.0. The van der Waals surface area contributed by atoms with E-state index in [1.807, 2.05) is 19.2 Å². The molecule has 2 bridgehead atoms. The minimum atomic E-state index is -0.306. The lowest BCUT2D eigenvalue weighted by atomic mass is 9.97. The van der Waals surface area contributed by atoms with Gasteiger partial charge in [-0.3, -0.25) is 9.78 Å². The van der Waals surface area contributed by atoms with Crippen LogP contribution in [0.5, 0.6) is 0 Å². The molecule has 148 valence electrons. The zero-order chi connectivity index (χ0) is 19.7. The Morgan fingerprint density at radius 3 is 3.10 bits per heavy atom. The van der Waals surface area contributed by atoms with Crippen LogP contribution in [0.1, 0.15) is 47.4 Å². The lowest BCUT2D eigenvalue weighted by Crippen LogP contribution is -2.33. The van der Waals surface area contributed by atoms with Gasteiger partial charge in [0.1, 0.15) is 17.2 Å². The number of fused-ring (bicyclic) bond motifs is 7. The van der Waals surface area contributed by atoms with E-state index in [0.717, 1.165) is 36.5 Å². The normalized spacial score (nSPS) is 28.1. The second-order valence-electron chi connectivity index (χ2n) is 8.47. The maximum absolute atomic E-state index is 14.2. The van der Waals surface area contributed by atoms with Crippen molar-refractivity contribution in [1.82, 2.24) is 24.9 Å². The molecule has 0 aromatic carbocycles. The summed E-state index contributed by atoms with van der Waals surface area (Å²) >= 11 is 0. The molecule has 1 saturated heterocycles. The molecule has 8 heteroatoms. The molecular weight excluding hydrogens is 371 g/mol. The Morgan fingerprint density at radius 2 is 2.21 bits per heavy atom. The molecule has 4 atom stereocenters. The van der Waals surface area contributed by atoms with Gasteiger partial charge in [-0.1, -0.05) is 0 Å². The van der Waals surface area contributed by atoms with Crippen LogP contribution in [-0.2, 0) is 6.42 Å². The molecule has 1 amide bonds. The van der Waals surface area contributed by atoms with Crippen LogP contribution in [0.25, 0.3) is 5.65 Å². The number of pyridine rings is 1. The summed E-state index contributed by atoms with van der Waals surface area (Å²) in [6, 6.07) is 3.59. The first-order valence-corrected chi connectivity index (χ1v) is 10.1. The summed E-state index contributed by atoms with van der Waals surface area (Å²) in [6.07, 6.45) is 7.28. The van der Waals surface area contributed by atoms with E-state index < -0.39 is 0 Å². The van der Waals surface area contributed by atoms with Crippen LogP contribution in [0.15, 0.2) is 30.7 Å². The topological polar surface area (TPSA) is 75.4 Å². The summed E-state index contributed by atoms with van der Waals surface area (Å²) in [5, 5.41) is 7.32. The summed E-state index contributed by atoms with van der Waals surface area (Å²) in [5.41, 5.74) is 2.89. The lowest BCUT2D eigenvalue weighted by Gasteiger charge is -2.30. The highest BCUT2D eigenvalue weighted by molar-refractivity contribution is 5.99. The first-order valence-electron chi connectivity index (χ1n) is 10.1. The molecule has 0 unspecified atom stereocenters. The second kappa shape index (κ2) is 5.98. The molecule has 0 radical (unpaired) electrons. The number of carbonyl (C=O) groups is 1. The molecule has 1 saturated carbocycles. The summed E-state index contributed by atoms with van der Waals surface area (Å²) in [7, 11) is 0. The molecule has 2 aliphatic heterocycles. The Morgan fingerprint density at radius 1 is 1.31 bits per heavy atom. The van der Waals surface area contributed by atoms with E-state index in [1.165, 1.54) is 6.20 Å². The quantitative estimate of drug-likeness (QED) is 0.636. The van der Waals surface area contributed by atoms with Crippen molar-refractivity contribution in [3.8, 4) is 0 Å². The van der Waals surface area contributed by atoms with Crippen LogP contribution >= 0.6 is 0 Å². The van der Waals surface area contributed by atoms with Crippen molar-refractivity contribution in [2.24, 2.45) is 11.8 Å². The third-order valence-electron chi connectivity index (χ3n) is 6.52. The van der Waals surface area contributed by atoms with Crippen molar-refractivity contribution in [3.63, 3.8) is 0 Å². The number of anilines is 1. The molecule has 6 rings (SSSR count). The molecular formula is C21H21FN6O. The fourth-order valence-corrected chi connectivity index (χ4v) is 4.95. The number of nitrogens with one attached hydrogen (secondary N) is 1. The van der Waals surface area contributed by atoms with Crippen LogP contribution in [0, 0.1) is 17.7 Å². The molecule has 0 spiro atoms. The number of aryl methyl sites for hydroxylation is 1. The van der Waals surface area contributed by atoms with E-state index in [0.29, 0.717) is 29.5 Å². The lowest BCUT2D eigenvalue weighted by molar-refractivity contribution is 0.0940. The first-order chi connectivity index (χ1) is 14.1. The number of amides is 1. The monoisotopic (exact) mass is 392 g/mol. The van der Waals surface area contributed by atoms with Gasteiger partial charge in [-0.2, -0.15) is 5.10 Å². The van der Waals surface area contributed by atoms with Crippen molar-refractivity contribution in [2.75, 3.05) is 11.4 Å². The number of hydrogen-bond acceptors (Lipinski definition) is 5. The maximum atomic E-state index is 14.2. The fraction of sp³-hybridized carbons (Fsp3) is 0.429. The Kier molecular flexibility index (Phi) is 3.48. The van der Waals surface area contributed by atoms with Gasteiger partial charge >= 0.3 is 0 Å². The summed E-state index contributed by atoms with van der Waals surface area (Å²) in [6.45, 7) is 2.87. The van der Waals surface area contributed by atoms with Crippen molar-refractivity contribution >= 4 is 17.4 Å². The average molecular weight is 392 g/mol. The Bertz CT molecular complexity index is 1140. The van der Waals surface area contributed by atoms with Gasteiger partial charge in [0.15, 0.2) is 5.65 Å². The minimum Gasteiger partial charge on any atom is -0.349 e. The Hall–Kier alpha value is -3.03. The Labute approximate surface area is 167 Å². The first kappa shape index (κ1) is 16.9. The molecule has 3 aliphatic rings. The number of halogens is 1. The van der Waals surface area contributed by atoms with Crippen molar-refractivity contribution < 1.29 is 9.18 Å². The predicted octanol–water partition coefficient (Wildman–Crippen LogP) is 2.53. The SMILES string of the molecule is C[C@@H]1CCc2ncc(F)cc2[C@@H]2[C@H]3C[C@H]3CN2c2ccn3ncc(c3n2)C(=O)N1. The molecule has 3 aromatic rings. The van der Waals surface area contributed by atoms with Crippen LogP contribution in [0.2, 0.25) is 0 Å². The highest BCUT2D eigenvalue weighted by Gasteiger charge is 2.54. The van der Waals surface area contributed by atoms with Gasteiger partial charge in [-0.05, 0) is 55.7 Å². The van der Waals surface area contributed by atoms with Crippen molar-refractivity contribution in [3.05, 3.63) is 53.4 Å². The number of rotatable bonds is 0. The van der Waals surface area contributed by atoms with E-state index in [4.69, 9.17) is 4.98 Å². The highest BCUT2D eigenvalue weighted by Crippen LogP contribution is 2.57. The van der Waals surface area contributed by atoms with E-state index in [9.17, 15) is 9.18 Å². The van der Waals surface area contributed by atoms with Gasteiger partial charge in [0.2, 0.25) is 0 Å². The zero-order valence-electron chi connectivity index (χ0n) is 16.0. The number of carbonyl (C=O) groups excluding carboxylic acids is 1. The largest absolute Gasteiger partial charge is 0.349 e. The number of piperidine rings is 1. The summed E-state index contributed by atoms with van der Waals surface area (Å²) in [4.78, 5) is 24.3. The smallest absolute Gasteiger partial charge is 0.256 e. The summed E-state index contributed by atoms with van der Waals surface area (Å²) < 4.78 is 15.8. The number of hydrogen-bond donors (Lipinski definition) is 1. The summed E-state index contributed by atoms with van der Waals surface area (Å²) in [5.74, 6) is 1.42. The third kappa shape index (κ3) is 2.62. The highest BCUT2D eigenvalue weighted by atomic mass is 19.1. The van der Waals surface area contributed by atoms with E-state index >= 15 is 0 Å². The fourth-order valence-electron chi connectivity index (χ4n) is 4.95.